The molecule has 3 heteroatoms. The topological polar surface area (TPSA) is 38.3 Å². The van der Waals surface area contributed by atoms with Crippen LogP contribution in [0.15, 0.2) is 30.3 Å². The van der Waals surface area contributed by atoms with Gasteiger partial charge in [-0.2, -0.15) is 0 Å². The lowest BCUT2D eigenvalue weighted by atomic mass is 10.0. The molecule has 2 atom stereocenters. The maximum atomic E-state index is 11.8. The van der Waals surface area contributed by atoms with Crippen molar-refractivity contribution < 1.29 is 9.53 Å². The lowest BCUT2D eigenvalue weighted by Crippen LogP contribution is -2.33. The Morgan fingerprint density at radius 1 is 1.35 bits per heavy atom. The zero-order chi connectivity index (χ0) is 12.3. The van der Waals surface area contributed by atoms with E-state index >= 15 is 0 Å². The monoisotopic (exact) mass is 233 g/mol. The zero-order valence-corrected chi connectivity index (χ0v) is 10.3. The van der Waals surface area contributed by atoms with Gasteiger partial charge >= 0.3 is 0 Å². The summed E-state index contributed by atoms with van der Waals surface area (Å²) in [7, 11) is 0. The largest absolute Gasteiger partial charge is 0.489 e. The van der Waals surface area contributed by atoms with Gasteiger partial charge in [0.05, 0.1) is 6.04 Å². The van der Waals surface area contributed by atoms with Crippen molar-refractivity contribution in [1.82, 2.24) is 5.32 Å². The average molecular weight is 233 g/mol. The number of Topliss-reactive ketones (excluding diaryl/α,β-unsaturated/α-hetero) is 1. The second-order valence-corrected chi connectivity index (χ2v) is 4.81. The van der Waals surface area contributed by atoms with Gasteiger partial charge in [-0.3, -0.25) is 4.79 Å². The minimum absolute atomic E-state index is 0.0382. The second kappa shape index (κ2) is 5.32. The van der Waals surface area contributed by atoms with Gasteiger partial charge in [-0.05, 0) is 12.1 Å². The smallest absolute Gasteiger partial charge is 0.152 e. The standard InChI is InChI=1S/C14H19NO2/c1-10(2)14(16)13-8-12(9-15-13)17-11-6-4-3-5-7-11/h3-7,10,12-13,15H,8-9H2,1-2H3. The summed E-state index contributed by atoms with van der Waals surface area (Å²) in [6, 6.07) is 9.71. The zero-order valence-electron chi connectivity index (χ0n) is 10.3. The Balaban J connectivity index is 1.88. The first-order valence-corrected chi connectivity index (χ1v) is 6.15. The van der Waals surface area contributed by atoms with Crippen molar-refractivity contribution in [2.75, 3.05) is 6.54 Å². The summed E-state index contributed by atoms with van der Waals surface area (Å²) in [6.07, 6.45) is 0.872. The summed E-state index contributed by atoms with van der Waals surface area (Å²) >= 11 is 0. The SMILES string of the molecule is CC(C)C(=O)C1CC(Oc2ccccc2)CN1. The first-order valence-electron chi connectivity index (χ1n) is 6.15. The molecule has 2 rings (SSSR count). The second-order valence-electron chi connectivity index (χ2n) is 4.81. The number of nitrogens with one attached hydrogen (secondary N) is 1. The van der Waals surface area contributed by atoms with Gasteiger partial charge in [-0.15, -0.1) is 0 Å². The van der Waals surface area contributed by atoms with Gasteiger partial charge in [0.1, 0.15) is 11.9 Å². The number of benzene rings is 1. The fourth-order valence-corrected chi connectivity index (χ4v) is 2.10. The van der Waals surface area contributed by atoms with E-state index in [-0.39, 0.29) is 23.8 Å². The Kier molecular flexibility index (Phi) is 3.79. The normalized spacial score (nSPS) is 23.9. The highest BCUT2D eigenvalue weighted by molar-refractivity contribution is 5.86. The van der Waals surface area contributed by atoms with E-state index in [1.165, 1.54) is 0 Å². The molecule has 2 unspecified atom stereocenters. The number of rotatable bonds is 4. The van der Waals surface area contributed by atoms with E-state index in [9.17, 15) is 4.79 Å². The van der Waals surface area contributed by atoms with Crippen molar-refractivity contribution in [3.8, 4) is 5.75 Å². The van der Waals surface area contributed by atoms with Crippen LogP contribution in [0.5, 0.6) is 5.75 Å². The average Bonchev–Trinajstić information content (AvgIpc) is 2.77. The van der Waals surface area contributed by atoms with Crippen LogP contribution in [0, 0.1) is 5.92 Å². The number of para-hydroxylation sites is 1. The Bertz CT molecular complexity index is 375. The molecule has 1 N–H and O–H groups in total. The molecule has 0 spiro atoms. The summed E-state index contributed by atoms with van der Waals surface area (Å²) in [5.74, 6) is 1.24. The number of carbonyl (C=O) groups excluding carboxylic acids is 1. The Morgan fingerprint density at radius 2 is 2.06 bits per heavy atom. The molecule has 1 aromatic carbocycles. The van der Waals surface area contributed by atoms with E-state index in [1.807, 2.05) is 44.2 Å². The first-order chi connectivity index (χ1) is 8.16. The van der Waals surface area contributed by atoms with Gasteiger partial charge in [0.15, 0.2) is 5.78 Å². The molecular weight excluding hydrogens is 214 g/mol. The van der Waals surface area contributed by atoms with Crippen molar-refractivity contribution >= 4 is 5.78 Å². The van der Waals surface area contributed by atoms with Crippen LogP contribution < -0.4 is 10.1 Å². The highest BCUT2D eigenvalue weighted by Gasteiger charge is 2.31. The summed E-state index contributed by atoms with van der Waals surface area (Å²) in [4.78, 5) is 11.8. The maximum Gasteiger partial charge on any atom is 0.152 e. The van der Waals surface area contributed by atoms with Crippen molar-refractivity contribution in [2.24, 2.45) is 5.92 Å². The third kappa shape index (κ3) is 3.07. The fourth-order valence-electron chi connectivity index (χ4n) is 2.10. The van der Waals surface area contributed by atoms with Gasteiger partial charge < -0.3 is 10.1 Å². The molecule has 3 nitrogen and oxygen atoms in total. The predicted octanol–water partition coefficient (Wildman–Crippen LogP) is 2.02. The van der Waals surface area contributed by atoms with Crippen LogP contribution in [0.1, 0.15) is 20.3 Å². The summed E-state index contributed by atoms with van der Waals surface area (Å²) in [5, 5.41) is 3.23. The highest BCUT2D eigenvalue weighted by atomic mass is 16.5. The first kappa shape index (κ1) is 12.1. The number of ether oxygens (including phenoxy) is 1. The van der Waals surface area contributed by atoms with Crippen molar-refractivity contribution in [3.63, 3.8) is 0 Å². The van der Waals surface area contributed by atoms with E-state index in [0.717, 1.165) is 18.7 Å². The third-order valence-electron chi connectivity index (χ3n) is 3.05. The van der Waals surface area contributed by atoms with Gasteiger partial charge in [0.25, 0.3) is 0 Å². The van der Waals surface area contributed by atoms with Gasteiger partial charge in [-0.1, -0.05) is 32.0 Å². The quantitative estimate of drug-likeness (QED) is 0.864. The molecule has 0 aliphatic carbocycles. The van der Waals surface area contributed by atoms with Crippen molar-refractivity contribution in [1.29, 1.82) is 0 Å². The summed E-state index contributed by atoms with van der Waals surface area (Å²) in [6.45, 7) is 4.63. The minimum atomic E-state index is -0.0382. The number of hydrogen-bond donors (Lipinski definition) is 1. The van der Waals surface area contributed by atoms with E-state index in [4.69, 9.17) is 4.74 Å². The van der Waals surface area contributed by atoms with Gasteiger partial charge in [-0.25, -0.2) is 0 Å². The molecule has 0 bridgehead atoms. The molecule has 1 aliphatic heterocycles. The van der Waals surface area contributed by atoms with Crippen LogP contribution in [0.4, 0.5) is 0 Å². The van der Waals surface area contributed by atoms with Crippen molar-refractivity contribution in [3.05, 3.63) is 30.3 Å². The Hall–Kier alpha value is -1.35. The van der Waals surface area contributed by atoms with E-state index in [1.54, 1.807) is 0 Å². The van der Waals surface area contributed by atoms with E-state index in [2.05, 4.69) is 5.32 Å². The molecule has 1 heterocycles. The lowest BCUT2D eigenvalue weighted by molar-refractivity contribution is -0.123. The molecule has 17 heavy (non-hydrogen) atoms. The summed E-state index contributed by atoms with van der Waals surface area (Å²) in [5.41, 5.74) is 0. The fraction of sp³-hybridized carbons (Fsp3) is 0.500. The maximum absolute atomic E-state index is 11.8. The molecule has 1 fully saturated rings. The third-order valence-corrected chi connectivity index (χ3v) is 3.05. The van der Waals surface area contributed by atoms with Gasteiger partial charge in [0, 0.05) is 18.9 Å². The number of carbonyl (C=O) groups is 1. The molecule has 0 amide bonds. The molecule has 1 aliphatic rings. The van der Waals surface area contributed by atoms with Gasteiger partial charge in [0.2, 0.25) is 0 Å². The van der Waals surface area contributed by atoms with Crippen molar-refractivity contribution in [2.45, 2.75) is 32.4 Å². The van der Waals surface area contributed by atoms with E-state index < -0.39 is 0 Å². The Morgan fingerprint density at radius 3 is 2.71 bits per heavy atom. The van der Waals surface area contributed by atoms with Crippen LogP contribution in [-0.2, 0) is 4.79 Å². The molecule has 0 saturated carbocycles. The highest BCUT2D eigenvalue weighted by Crippen LogP contribution is 2.18. The Labute approximate surface area is 102 Å². The summed E-state index contributed by atoms with van der Waals surface area (Å²) < 4.78 is 5.82. The van der Waals surface area contributed by atoms with Crippen LogP contribution in [0.25, 0.3) is 0 Å². The molecule has 1 saturated heterocycles. The molecular formula is C14H19NO2. The molecule has 0 radical (unpaired) electrons. The van der Waals surface area contributed by atoms with Crippen LogP contribution in [-0.4, -0.2) is 24.5 Å². The van der Waals surface area contributed by atoms with Crippen LogP contribution >= 0.6 is 0 Å². The molecule has 1 aromatic rings. The number of ketones is 1. The molecule has 92 valence electrons. The van der Waals surface area contributed by atoms with E-state index in [0.29, 0.717) is 0 Å². The number of hydrogen-bond acceptors (Lipinski definition) is 3. The predicted molar refractivity (Wildman–Crippen MR) is 67.1 cm³/mol. The van der Waals surface area contributed by atoms with Crippen LogP contribution in [0.2, 0.25) is 0 Å². The lowest BCUT2D eigenvalue weighted by Gasteiger charge is -2.13. The van der Waals surface area contributed by atoms with Crippen LogP contribution in [0.3, 0.4) is 0 Å². The molecule has 0 aromatic heterocycles. The minimum Gasteiger partial charge on any atom is -0.489 e.